The maximum absolute atomic E-state index is 12.7. The summed E-state index contributed by atoms with van der Waals surface area (Å²) < 4.78 is 8.56. The van der Waals surface area contributed by atoms with Crippen molar-refractivity contribution in [2.24, 2.45) is 0 Å². The lowest BCUT2D eigenvalue weighted by Gasteiger charge is -2.37. The van der Waals surface area contributed by atoms with E-state index in [2.05, 4.69) is 43.6 Å². The molecule has 0 radical (unpaired) electrons. The Morgan fingerprint density at radius 1 is 1.26 bits per heavy atom. The highest BCUT2D eigenvalue weighted by Crippen LogP contribution is 2.30. The molecule has 3 rings (SSSR count). The lowest BCUT2D eigenvalue weighted by Crippen LogP contribution is -2.45. The second kappa shape index (κ2) is 8.07. The number of ether oxygens (including phenoxy) is 1. The summed E-state index contributed by atoms with van der Waals surface area (Å²) in [5.41, 5.74) is 4.38. The van der Waals surface area contributed by atoms with Gasteiger partial charge in [0.1, 0.15) is 0 Å². The summed E-state index contributed by atoms with van der Waals surface area (Å²) in [5.74, 6) is -0.285. The fourth-order valence-corrected chi connectivity index (χ4v) is 4.08. The number of likely N-dealkylation sites (N-methyl/N-ethyl adjacent to an activating group) is 1. The number of halogens is 1. The molecule has 0 saturated carbocycles. The van der Waals surface area contributed by atoms with Crippen LogP contribution in [0.4, 0.5) is 0 Å². The zero-order valence-electron chi connectivity index (χ0n) is 16.6. The highest BCUT2D eigenvalue weighted by atomic mass is 79.9. The fourth-order valence-electron chi connectivity index (χ4n) is 3.64. The van der Waals surface area contributed by atoms with E-state index in [4.69, 9.17) is 4.74 Å². The van der Waals surface area contributed by atoms with Gasteiger partial charge in [0.05, 0.1) is 23.1 Å². The van der Waals surface area contributed by atoms with E-state index in [1.165, 1.54) is 0 Å². The summed E-state index contributed by atoms with van der Waals surface area (Å²) in [6.07, 6.45) is 1.88. The van der Waals surface area contributed by atoms with E-state index >= 15 is 0 Å². The first kappa shape index (κ1) is 20.0. The molecule has 0 aliphatic carbocycles. The average molecular weight is 434 g/mol. The highest BCUT2D eigenvalue weighted by Gasteiger charge is 2.24. The Labute approximate surface area is 169 Å². The Bertz CT molecular complexity index is 864. The molecule has 146 valence electrons. The lowest BCUT2D eigenvalue weighted by atomic mass is 10.0. The number of nitrogens with zero attached hydrogens (tertiary/aromatic N) is 3. The van der Waals surface area contributed by atoms with E-state index in [0.717, 1.165) is 59.7 Å². The molecule has 0 unspecified atom stereocenters. The van der Waals surface area contributed by atoms with Gasteiger partial charge in [0, 0.05) is 42.4 Å². The monoisotopic (exact) mass is 433 g/mol. The molecule has 0 spiro atoms. The number of rotatable bonds is 5. The fraction of sp³-hybridized carbons (Fsp3) is 0.476. The van der Waals surface area contributed by atoms with Crippen LogP contribution in [-0.2, 0) is 4.74 Å². The van der Waals surface area contributed by atoms with Crippen LogP contribution in [0.3, 0.4) is 0 Å². The van der Waals surface area contributed by atoms with Gasteiger partial charge >= 0.3 is 5.97 Å². The largest absolute Gasteiger partial charge is 0.459 e. The van der Waals surface area contributed by atoms with Gasteiger partial charge in [-0.3, -0.25) is 0 Å². The van der Waals surface area contributed by atoms with Crippen LogP contribution >= 0.6 is 15.9 Å². The van der Waals surface area contributed by atoms with Gasteiger partial charge < -0.3 is 18.9 Å². The molecule has 2 aromatic rings. The second-order valence-corrected chi connectivity index (χ2v) is 8.22. The van der Waals surface area contributed by atoms with Crippen molar-refractivity contribution in [2.45, 2.75) is 33.8 Å². The predicted molar refractivity (Wildman–Crippen MR) is 113 cm³/mol. The molecule has 2 aromatic heterocycles. The normalized spacial score (nSPS) is 15.6. The number of fused-ring (bicyclic) bond motifs is 1. The van der Waals surface area contributed by atoms with E-state index < -0.39 is 0 Å². The molecule has 6 heteroatoms. The van der Waals surface area contributed by atoms with Gasteiger partial charge in [-0.15, -0.1) is 0 Å². The van der Waals surface area contributed by atoms with Crippen LogP contribution in [0.25, 0.3) is 11.2 Å². The van der Waals surface area contributed by atoms with Gasteiger partial charge in [-0.2, -0.15) is 0 Å². The van der Waals surface area contributed by atoms with Crippen molar-refractivity contribution in [3.05, 3.63) is 46.2 Å². The molecule has 27 heavy (non-hydrogen) atoms. The number of aromatic nitrogens is 1. The van der Waals surface area contributed by atoms with Crippen LogP contribution in [0.5, 0.6) is 0 Å². The number of hydrogen-bond acceptors (Lipinski definition) is 4. The Morgan fingerprint density at radius 2 is 1.93 bits per heavy atom. The molecular weight excluding hydrogens is 406 g/mol. The summed E-state index contributed by atoms with van der Waals surface area (Å²) in [5, 5.41) is 0. The van der Waals surface area contributed by atoms with Crippen molar-refractivity contribution in [2.75, 3.05) is 32.7 Å². The molecule has 0 N–H and O–H groups in total. The van der Waals surface area contributed by atoms with E-state index in [-0.39, 0.29) is 12.1 Å². The summed E-state index contributed by atoms with van der Waals surface area (Å²) in [6.45, 7) is 17.3. The van der Waals surface area contributed by atoms with Crippen molar-refractivity contribution in [1.29, 1.82) is 0 Å². The Hall–Kier alpha value is -1.79. The number of carbonyl (C=O) groups excluding carboxylic acids is 1. The Kier molecular flexibility index (Phi) is 5.96. The number of hydrogen-bond donors (Lipinski definition) is 0. The van der Waals surface area contributed by atoms with Gasteiger partial charge in [0.2, 0.25) is 0 Å². The van der Waals surface area contributed by atoms with Crippen LogP contribution < -0.4 is 0 Å². The van der Waals surface area contributed by atoms with Crippen molar-refractivity contribution >= 4 is 33.1 Å². The maximum atomic E-state index is 12.7. The van der Waals surface area contributed by atoms with Crippen LogP contribution in [0.1, 0.15) is 42.4 Å². The first-order chi connectivity index (χ1) is 12.8. The molecule has 0 bridgehead atoms. The molecule has 1 fully saturated rings. The number of carbonyl (C=O) groups is 1. The zero-order valence-corrected chi connectivity index (χ0v) is 18.2. The standard InChI is InChI=1S/C21H28BrN3O2/c1-6-23-7-9-24(10-8-23)16(5)20-15(4)19(21(26)27-14(2)3)12-18-11-17(22)13-25(18)20/h11-14H,5-10H2,1-4H3. The van der Waals surface area contributed by atoms with E-state index in [0.29, 0.717) is 5.56 Å². The average Bonchev–Trinajstić information content (AvgIpc) is 2.99. The summed E-state index contributed by atoms with van der Waals surface area (Å²) in [6, 6.07) is 3.91. The smallest absolute Gasteiger partial charge is 0.338 e. The van der Waals surface area contributed by atoms with E-state index in [1.54, 1.807) is 0 Å². The molecular formula is C21H28BrN3O2. The molecule has 0 amide bonds. The maximum Gasteiger partial charge on any atom is 0.338 e. The Morgan fingerprint density at radius 3 is 2.52 bits per heavy atom. The molecule has 1 aliphatic rings. The van der Waals surface area contributed by atoms with Gasteiger partial charge in [-0.05, 0) is 60.9 Å². The molecule has 0 aromatic carbocycles. The highest BCUT2D eigenvalue weighted by molar-refractivity contribution is 9.10. The summed E-state index contributed by atoms with van der Waals surface area (Å²) in [4.78, 5) is 17.4. The third-order valence-corrected chi connectivity index (χ3v) is 5.58. The van der Waals surface area contributed by atoms with Crippen molar-refractivity contribution in [3.8, 4) is 0 Å². The van der Waals surface area contributed by atoms with Crippen molar-refractivity contribution in [3.63, 3.8) is 0 Å². The number of pyridine rings is 1. The minimum atomic E-state index is -0.285. The number of esters is 1. The zero-order chi connectivity index (χ0) is 19.7. The van der Waals surface area contributed by atoms with E-state index in [9.17, 15) is 4.79 Å². The van der Waals surface area contributed by atoms with Crippen LogP contribution in [-0.4, -0.2) is 59.0 Å². The van der Waals surface area contributed by atoms with Crippen LogP contribution in [0, 0.1) is 6.92 Å². The topological polar surface area (TPSA) is 37.2 Å². The minimum absolute atomic E-state index is 0.152. The SMILES string of the molecule is C=C(c1c(C)c(C(=O)OC(C)C)cc2cc(Br)cn12)N1CCN(CC)CC1. The van der Waals surface area contributed by atoms with Gasteiger partial charge in [0.25, 0.3) is 0 Å². The first-order valence-electron chi connectivity index (χ1n) is 9.50. The third-order valence-electron chi connectivity index (χ3n) is 5.15. The minimum Gasteiger partial charge on any atom is -0.459 e. The van der Waals surface area contributed by atoms with Gasteiger partial charge in [-0.25, -0.2) is 4.79 Å². The van der Waals surface area contributed by atoms with Gasteiger partial charge in [0.15, 0.2) is 0 Å². The van der Waals surface area contributed by atoms with Crippen LogP contribution in [0.15, 0.2) is 29.4 Å². The second-order valence-electron chi connectivity index (χ2n) is 7.31. The predicted octanol–water partition coefficient (Wildman–Crippen LogP) is 4.18. The quantitative estimate of drug-likeness (QED) is 0.662. The number of piperazine rings is 1. The van der Waals surface area contributed by atoms with Crippen molar-refractivity contribution < 1.29 is 9.53 Å². The summed E-state index contributed by atoms with van der Waals surface area (Å²) >= 11 is 3.56. The van der Waals surface area contributed by atoms with Gasteiger partial charge in [-0.1, -0.05) is 13.5 Å². The lowest BCUT2D eigenvalue weighted by molar-refractivity contribution is 0.0377. The molecule has 0 atom stereocenters. The molecule has 1 aliphatic heterocycles. The van der Waals surface area contributed by atoms with Crippen LogP contribution in [0.2, 0.25) is 0 Å². The molecule has 1 saturated heterocycles. The summed E-state index contributed by atoms with van der Waals surface area (Å²) in [7, 11) is 0. The third kappa shape index (κ3) is 4.06. The first-order valence-corrected chi connectivity index (χ1v) is 10.3. The van der Waals surface area contributed by atoms with E-state index in [1.807, 2.05) is 39.1 Å². The molecule has 3 heterocycles. The Balaban J connectivity index is 2.03. The molecule has 5 nitrogen and oxygen atoms in total. The van der Waals surface area contributed by atoms with Crippen molar-refractivity contribution in [1.82, 2.24) is 14.2 Å².